The van der Waals surface area contributed by atoms with Gasteiger partial charge in [-0.3, -0.25) is 4.79 Å². The van der Waals surface area contributed by atoms with Gasteiger partial charge in [0.05, 0.1) is 5.56 Å². The maximum Gasteiger partial charge on any atom is 0.281 e. The molecule has 9 heteroatoms. The molecule has 8 nitrogen and oxygen atoms in total. The maximum atomic E-state index is 13.2. The molecule has 3 aromatic rings. The molecule has 1 aliphatic heterocycles. The summed E-state index contributed by atoms with van der Waals surface area (Å²) < 4.78 is 34.2. The highest BCUT2D eigenvalue weighted by Gasteiger charge is 2.39. The fourth-order valence-electron chi connectivity index (χ4n) is 4.99. The molecular weight excluding hydrogens is 476 g/mol. The first-order chi connectivity index (χ1) is 17.1. The summed E-state index contributed by atoms with van der Waals surface area (Å²) in [5, 5.41) is -0.310. The first-order valence-corrected chi connectivity index (χ1v) is 13.3. The Morgan fingerprint density at radius 2 is 2.00 bits per heavy atom. The summed E-state index contributed by atoms with van der Waals surface area (Å²) in [5.74, 6) is 0.800. The molecule has 2 aliphatic rings. The van der Waals surface area contributed by atoms with Crippen LogP contribution in [0.25, 0.3) is 6.08 Å². The van der Waals surface area contributed by atoms with E-state index in [-0.39, 0.29) is 22.0 Å². The molecule has 1 N–H and O–H groups in total. The number of nitrogens with one attached hydrogen (secondary N) is 1. The van der Waals surface area contributed by atoms with Crippen LogP contribution in [0.5, 0.6) is 11.6 Å². The van der Waals surface area contributed by atoms with Crippen LogP contribution in [-0.4, -0.2) is 36.4 Å². The zero-order valence-corrected chi connectivity index (χ0v) is 21.2. The number of anilines is 1. The minimum absolute atomic E-state index is 0.113. The van der Waals surface area contributed by atoms with E-state index in [0.717, 1.165) is 24.9 Å². The number of aromatic nitrogens is 2. The number of carbonyl (C=O) groups excluding carboxylic acids is 1. The summed E-state index contributed by atoms with van der Waals surface area (Å²) in [7, 11) is -4.26. The van der Waals surface area contributed by atoms with Gasteiger partial charge in [-0.15, -0.1) is 0 Å². The fraction of sp³-hybridized carbons (Fsp3) is 0.296. The third-order valence-electron chi connectivity index (χ3n) is 6.54. The molecule has 1 fully saturated rings. The van der Waals surface area contributed by atoms with Gasteiger partial charge in [0.1, 0.15) is 11.6 Å². The third-order valence-corrected chi connectivity index (χ3v) is 7.77. The Hall–Kier alpha value is -3.72. The van der Waals surface area contributed by atoms with Gasteiger partial charge < -0.3 is 9.64 Å². The van der Waals surface area contributed by atoms with E-state index in [1.807, 2.05) is 24.3 Å². The number of ether oxygens (including phenoxy) is 1. The normalized spacial score (nSPS) is 18.2. The summed E-state index contributed by atoms with van der Waals surface area (Å²) in [6.45, 7) is 7.07. The second-order valence-corrected chi connectivity index (χ2v) is 11.6. The lowest BCUT2D eigenvalue weighted by Crippen LogP contribution is -2.41. The highest BCUT2D eigenvalue weighted by atomic mass is 32.2. The minimum atomic E-state index is -4.26. The van der Waals surface area contributed by atoms with Crippen molar-refractivity contribution in [3.8, 4) is 11.6 Å². The molecule has 186 valence electrons. The van der Waals surface area contributed by atoms with Crippen LogP contribution in [0.2, 0.25) is 0 Å². The van der Waals surface area contributed by atoms with E-state index in [2.05, 4.69) is 46.4 Å². The van der Waals surface area contributed by atoms with Gasteiger partial charge in [-0.1, -0.05) is 31.2 Å². The number of hydrogen-bond acceptors (Lipinski definition) is 7. The average molecular weight is 505 g/mol. The summed E-state index contributed by atoms with van der Waals surface area (Å²) in [5.41, 5.74) is 2.26. The SMILES string of the molecule is CC1CN(c2ncccc2C(=O)NS(=O)(=O)c2cccc(Oc3ccc4c(c3)C=CC4)n2)C(C)(C)C1. The molecule has 1 aliphatic carbocycles. The molecule has 1 saturated heterocycles. The summed E-state index contributed by atoms with van der Waals surface area (Å²) in [6.07, 6.45) is 7.52. The Morgan fingerprint density at radius 3 is 2.78 bits per heavy atom. The van der Waals surface area contributed by atoms with Gasteiger partial charge >= 0.3 is 0 Å². The highest BCUT2D eigenvalue weighted by molar-refractivity contribution is 7.90. The van der Waals surface area contributed by atoms with Gasteiger partial charge in [0.15, 0.2) is 5.03 Å². The van der Waals surface area contributed by atoms with Crippen molar-refractivity contribution in [3.63, 3.8) is 0 Å². The van der Waals surface area contributed by atoms with Crippen LogP contribution in [-0.2, 0) is 16.4 Å². The Labute approximate surface area is 211 Å². The number of pyridine rings is 2. The number of carbonyl (C=O) groups is 1. The van der Waals surface area contributed by atoms with E-state index >= 15 is 0 Å². The van der Waals surface area contributed by atoms with E-state index in [4.69, 9.17) is 4.74 Å². The number of hydrogen-bond donors (Lipinski definition) is 1. The number of fused-ring (bicyclic) bond motifs is 1. The summed E-state index contributed by atoms with van der Waals surface area (Å²) in [4.78, 5) is 23.8. The molecule has 2 aromatic heterocycles. The Morgan fingerprint density at radius 1 is 1.17 bits per heavy atom. The van der Waals surface area contributed by atoms with Gasteiger partial charge in [0.2, 0.25) is 5.88 Å². The van der Waals surface area contributed by atoms with Gasteiger partial charge in [0, 0.05) is 24.3 Å². The van der Waals surface area contributed by atoms with Crippen molar-refractivity contribution in [1.82, 2.24) is 14.7 Å². The van der Waals surface area contributed by atoms with Crippen LogP contribution in [0.1, 0.15) is 48.7 Å². The van der Waals surface area contributed by atoms with E-state index in [1.54, 1.807) is 24.4 Å². The summed E-state index contributed by atoms with van der Waals surface area (Å²) in [6, 6.07) is 13.3. The highest BCUT2D eigenvalue weighted by Crippen LogP contribution is 2.37. The van der Waals surface area contributed by atoms with Crippen molar-refractivity contribution in [1.29, 1.82) is 0 Å². The molecule has 1 aromatic carbocycles. The first kappa shape index (κ1) is 24.0. The van der Waals surface area contributed by atoms with Crippen molar-refractivity contribution < 1.29 is 17.9 Å². The van der Waals surface area contributed by atoms with Crippen LogP contribution in [0.3, 0.4) is 0 Å². The van der Waals surface area contributed by atoms with E-state index in [1.165, 1.54) is 17.7 Å². The number of rotatable bonds is 6. The van der Waals surface area contributed by atoms with Crippen LogP contribution >= 0.6 is 0 Å². The Kier molecular flexibility index (Phi) is 6.04. The molecule has 0 saturated carbocycles. The maximum absolute atomic E-state index is 13.2. The van der Waals surface area contributed by atoms with Crippen molar-refractivity contribution in [2.45, 2.75) is 44.2 Å². The van der Waals surface area contributed by atoms with Crippen molar-refractivity contribution in [3.05, 3.63) is 77.5 Å². The molecule has 1 atom stereocenters. The third kappa shape index (κ3) is 4.70. The van der Waals surface area contributed by atoms with Crippen molar-refractivity contribution in [2.75, 3.05) is 11.4 Å². The molecule has 1 unspecified atom stereocenters. The predicted octanol–water partition coefficient (Wildman–Crippen LogP) is 4.58. The molecule has 0 radical (unpaired) electrons. The number of sulfonamides is 1. The smallest absolute Gasteiger partial charge is 0.281 e. The van der Waals surface area contributed by atoms with E-state index in [9.17, 15) is 13.2 Å². The zero-order chi connectivity index (χ0) is 25.5. The van der Waals surface area contributed by atoms with Gasteiger partial charge in [0.25, 0.3) is 15.9 Å². The standard InChI is InChI=1S/C27H28N4O4S/c1-18-16-27(2,3)31(17-18)25-22(9-6-14-28-25)26(32)30-36(33,34)24-11-5-10-23(29-24)35-21-13-12-19-7-4-8-20(19)15-21/h4-6,8-15,18H,7,16-17H2,1-3H3,(H,30,32). The van der Waals surface area contributed by atoms with Crippen LogP contribution in [0.15, 0.2) is 65.8 Å². The van der Waals surface area contributed by atoms with Gasteiger partial charge in [-0.05, 0) is 74.1 Å². The van der Waals surface area contributed by atoms with E-state index < -0.39 is 15.9 Å². The second kappa shape index (κ2) is 9.05. The average Bonchev–Trinajstić information content (AvgIpc) is 3.41. The molecule has 3 heterocycles. The molecule has 0 spiro atoms. The lowest BCUT2D eigenvalue weighted by Gasteiger charge is -2.33. The lowest BCUT2D eigenvalue weighted by atomic mass is 9.97. The molecule has 36 heavy (non-hydrogen) atoms. The number of nitrogens with zero attached hydrogens (tertiary/aromatic N) is 3. The molecule has 0 bridgehead atoms. The van der Waals surface area contributed by atoms with Gasteiger partial charge in [-0.2, -0.15) is 13.4 Å². The minimum Gasteiger partial charge on any atom is -0.439 e. The quantitative estimate of drug-likeness (QED) is 0.524. The number of allylic oxidation sites excluding steroid dienone is 1. The molecule has 1 amide bonds. The van der Waals surface area contributed by atoms with Crippen LogP contribution in [0, 0.1) is 5.92 Å². The lowest BCUT2D eigenvalue weighted by molar-refractivity contribution is 0.0981. The van der Waals surface area contributed by atoms with Crippen molar-refractivity contribution in [2.24, 2.45) is 5.92 Å². The van der Waals surface area contributed by atoms with Crippen LogP contribution < -0.4 is 14.4 Å². The Bertz CT molecular complexity index is 1470. The second-order valence-electron chi connectivity index (χ2n) is 9.92. The van der Waals surface area contributed by atoms with Gasteiger partial charge in [-0.25, -0.2) is 9.71 Å². The predicted molar refractivity (Wildman–Crippen MR) is 138 cm³/mol. The largest absolute Gasteiger partial charge is 0.439 e. The zero-order valence-electron chi connectivity index (χ0n) is 20.4. The Balaban J connectivity index is 1.37. The topological polar surface area (TPSA) is 101 Å². The summed E-state index contributed by atoms with van der Waals surface area (Å²) >= 11 is 0. The van der Waals surface area contributed by atoms with Crippen molar-refractivity contribution >= 4 is 27.8 Å². The number of benzene rings is 1. The van der Waals surface area contributed by atoms with E-state index in [0.29, 0.717) is 17.5 Å². The van der Waals surface area contributed by atoms with Crippen LogP contribution in [0.4, 0.5) is 5.82 Å². The molecule has 5 rings (SSSR count). The molecular formula is C27H28N4O4S. The first-order valence-electron chi connectivity index (χ1n) is 11.9. The monoisotopic (exact) mass is 504 g/mol. The fourth-order valence-corrected chi connectivity index (χ4v) is 5.92. The number of amides is 1.